The second kappa shape index (κ2) is 8.92. The predicted molar refractivity (Wildman–Crippen MR) is 154 cm³/mol. The van der Waals surface area contributed by atoms with Gasteiger partial charge in [-0.15, -0.1) is 0 Å². The third kappa shape index (κ3) is 3.57. The molecule has 5 rings (SSSR count). The highest BCUT2D eigenvalue weighted by Gasteiger charge is 2.28. The molecule has 0 saturated heterocycles. The van der Waals surface area contributed by atoms with Gasteiger partial charge in [0.15, 0.2) is 0 Å². The molecular weight excluding hydrogens is 440 g/mol. The van der Waals surface area contributed by atoms with Gasteiger partial charge in [0.25, 0.3) is 0 Å². The van der Waals surface area contributed by atoms with Crippen molar-refractivity contribution in [2.24, 2.45) is 7.05 Å². The monoisotopic (exact) mass is 479 g/mol. The minimum absolute atomic E-state index is 0.985. The average molecular weight is 480 g/mol. The predicted octanol–water partition coefficient (Wildman–Crippen LogP) is 7.78. The lowest BCUT2D eigenvalue weighted by Crippen LogP contribution is -2.32. The number of aromatic nitrogens is 4. The van der Waals surface area contributed by atoms with Crippen LogP contribution < -0.4 is 4.57 Å². The lowest BCUT2D eigenvalue weighted by molar-refractivity contribution is -0.673. The van der Waals surface area contributed by atoms with Crippen LogP contribution >= 0.6 is 0 Å². The van der Waals surface area contributed by atoms with Crippen LogP contribution in [0.4, 0.5) is 0 Å². The molecule has 4 heteroatoms. The summed E-state index contributed by atoms with van der Waals surface area (Å²) in [5.41, 5.74) is 20.0. The van der Waals surface area contributed by atoms with Crippen LogP contribution in [-0.4, -0.2) is 15.0 Å². The number of hydrogen-bond donors (Lipinski definition) is 2. The van der Waals surface area contributed by atoms with Crippen molar-refractivity contribution in [1.82, 2.24) is 15.0 Å². The largest absolute Gasteiger partial charge is 0.355 e. The van der Waals surface area contributed by atoms with E-state index in [0.29, 0.717) is 0 Å². The highest BCUT2D eigenvalue weighted by atomic mass is 15.0. The van der Waals surface area contributed by atoms with E-state index < -0.39 is 0 Å². The van der Waals surface area contributed by atoms with Crippen molar-refractivity contribution in [3.63, 3.8) is 0 Å². The summed E-state index contributed by atoms with van der Waals surface area (Å²) in [5, 5.41) is 0. The second-order valence-corrected chi connectivity index (χ2v) is 10.3. The van der Waals surface area contributed by atoms with E-state index in [4.69, 9.17) is 4.98 Å². The summed E-state index contributed by atoms with van der Waals surface area (Å²) in [6.07, 6.45) is 2.97. The van der Waals surface area contributed by atoms with E-state index in [1.807, 2.05) is 0 Å². The molecule has 0 spiro atoms. The number of fused-ring (bicyclic) bond motifs is 8. The second-order valence-electron chi connectivity index (χ2n) is 10.3. The number of rotatable bonds is 3. The average Bonchev–Trinajstić information content (AvgIpc) is 3.48. The molecule has 0 amide bonds. The Hall–Kier alpha value is -3.40. The third-order valence-corrected chi connectivity index (χ3v) is 8.53. The number of allylic oxidation sites excluding steroid dienone is 4. The number of aromatic amines is 2. The molecular formula is C32H39N4+. The van der Waals surface area contributed by atoms with Crippen LogP contribution in [0.5, 0.6) is 0 Å². The van der Waals surface area contributed by atoms with Gasteiger partial charge in [-0.3, -0.25) is 0 Å². The lowest BCUT2D eigenvalue weighted by atomic mass is 10.0. The Morgan fingerprint density at radius 1 is 0.611 bits per heavy atom. The zero-order chi connectivity index (χ0) is 25.9. The fourth-order valence-electron chi connectivity index (χ4n) is 6.08. The Kier molecular flexibility index (Phi) is 6.02. The van der Waals surface area contributed by atoms with Gasteiger partial charge in [0.2, 0.25) is 11.4 Å². The number of H-pyrrole nitrogens is 2. The van der Waals surface area contributed by atoms with Gasteiger partial charge in [-0.25, -0.2) is 4.98 Å². The first kappa shape index (κ1) is 24.3. The lowest BCUT2D eigenvalue weighted by Gasteiger charge is -1.97. The maximum absolute atomic E-state index is 5.13. The van der Waals surface area contributed by atoms with E-state index in [9.17, 15) is 0 Å². The molecule has 5 heterocycles. The summed E-state index contributed by atoms with van der Waals surface area (Å²) in [7, 11) is 2.19. The van der Waals surface area contributed by atoms with Crippen molar-refractivity contribution >= 4 is 44.4 Å². The highest BCUT2D eigenvalue weighted by molar-refractivity contribution is 5.93. The molecule has 0 aromatic carbocycles. The quantitative estimate of drug-likeness (QED) is 0.370. The van der Waals surface area contributed by atoms with Gasteiger partial charge in [0.05, 0.1) is 11.4 Å². The zero-order valence-corrected chi connectivity index (χ0v) is 23.3. The van der Waals surface area contributed by atoms with E-state index in [1.165, 1.54) is 72.5 Å². The molecule has 186 valence electrons. The minimum atomic E-state index is 0.985. The fourth-order valence-corrected chi connectivity index (χ4v) is 6.08. The van der Waals surface area contributed by atoms with Gasteiger partial charge < -0.3 is 9.97 Å². The van der Waals surface area contributed by atoms with Crippen molar-refractivity contribution in [2.45, 2.75) is 74.7 Å². The first-order chi connectivity index (χ1) is 17.2. The summed E-state index contributed by atoms with van der Waals surface area (Å²) in [5.74, 6) is 0. The molecule has 0 atom stereocenters. The Balaban J connectivity index is 2.03. The SMILES string of the molecule is CCC1=C(C)c2cc3[nH]c(cc4[nH]c(cc5nc(cc1[n+]2C)C(C)=C5C)c(C)c4CC)c(CC)c3C. The minimum Gasteiger partial charge on any atom is -0.355 e. The van der Waals surface area contributed by atoms with E-state index in [0.717, 1.165) is 36.2 Å². The molecule has 0 radical (unpaired) electrons. The first-order valence-corrected chi connectivity index (χ1v) is 13.3. The Morgan fingerprint density at radius 3 is 1.67 bits per heavy atom. The molecule has 0 aliphatic carbocycles. The highest BCUT2D eigenvalue weighted by Crippen LogP contribution is 2.35. The fraction of sp³-hybridized carbons (Fsp3) is 0.375. The van der Waals surface area contributed by atoms with Crippen molar-refractivity contribution in [3.05, 3.63) is 69.3 Å². The molecule has 3 aromatic rings. The van der Waals surface area contributed by atoms with E-state index >= 15 is 0 Å². The molecule has 3 aromatic heterocycles. The summed E-state index contributed by atoms with van der Waals surface area (Å²) >= 11 is 0. The first-order valence-electron chi connectivity index (χ1n) is 13.3. The Labute approximate surface area is 214 Å². The Bertz CT molecular complexity index is 1640. The maximum atomic E-state index is 5.13. The standard InChI is InChI=1S/C32H38N4/c1-10-22-19(6)26-13-25-17(4)18(5)27(33-25)16-32-24(12-3)21(8)31(36(32)9)15-28-20(7)23(11-2)30(35-28)14-29(22)34-26/h13-16H,10-12H2,1-9H3,(H,33,34,35)/p+1. The van der Waals surface area contributed by atoms with Gasteiger partial charge in [-0.1, -0.05) is 20.8 Å². The number of nitrogens with zero attached hydrogens (tertiary/aromatic N) is 2. The molecule has 2 aliphatic heterocycles. The summed E-state index contributed by atoms with van der Waals surface area (Å²) in [4.78, 5) is 12.7. The molecule has 2 aliphatic rings. The Morgan fingerprint density at radius 2 is 1.14 bits per heavy atom. The van der Waals surface area contributed by atoms with Crippen LogP contribution in [0.25, 0.3) is 44.4 Å². The van der Waals surface area contributed by atoms with Gasteiger partial charge in [-0.2, -0.15) is 4.57 Å². The maximum Gasteiger partial charge on any atom is 0.211 e. The molecule has 0 unspecified atom stereocenters. The summed E-state index contributed by atoms with van der Waals surface area (Å²) in [6.45, 7) is 17.9. The van der Waals surface area contributed by atoms with Crippen molar-refractivity contribution in [3.8, 4) is 0 Å². The van der Waals surface area contributed by atoms with Gasteiger partial charge >= 0.3 is 0 Å². The van der Waals surface area contributed by atoms with Crippen LogP contribution in [0.2, 0.25) is 0 Å². The number of nitrogens with one attached hydrogen (secondary N) is 2. The zero-order valence-electron chi connectivity index (χ0n) is 23.3. The third-order valence-electron chi connectivity index (χ3n) is 8.53. The van der Waals surface area contributed by atoms with Gasteiger partial charge in [-0.05, 0) is 99.4 Å². The number of aryl methyl sites for hydroxylation is 4. The van der Waals surface area contributed by atoms with Crippen molar-refractivity contribution in [1.29, 1.82) is 0 Å². The molecule has 8 bridgehead atoms. The van der Waals surface area contributed by atoms with Crippen LogP contribution in [0.1, 0.15) is 93.0 Å². The van der Waals surface area contributed by atoms with Crippen LogP contribution in [-0.2, 0) is 19.9 Å². The molecule has 36 heavy (non-hydrogen) atoms. The molecule has 0 saturated carbocycles. The molecule has 2 N–H and O–H groups in total. The molecule has 4 nitrogen and oxygen atoms in total. The normalized spacial score (nSPS) is 13.8. The van der Waals surface area contributed by atoms with E-state index in [2.05, 4.69) is 101 Å². The number of hydrogen-bond acceptors (Lipinski definition) is 1. The van der Waals surface area contributed by atoms with E-state index in [-0.39, 0.29) is 0 Å². The van der Waals surface area contributed by atoms with Crippen LogP contribution in [0, 0.1) is 13.8 Å². The van der Waals surface area contributed by atoms with E-state index in [1.54, 1.807) is 0 Å². The topological polar surface area (TPSA) is 48.4 Å². The van der Waals surface area contributed by atoms with Crippen molar-refractivity contribution < 1.29 is 4.57 Å². The smallest absolute Gasteiger partial charge is 0.211 e. The van der Waals surface area contributed by atoms with Crippen LogP contribution in [0.15, 0.2) is 24.3 Å². The molecule has 0 fully saturated rings. The van der Waals surface area contributed by atoms with Gasteiger partial charge in [0.1, 0.15) is 7.05 Å². The van der Waals surface area contributed by atoms with Gasteiger partial charge in [0, 0.05) is 45.3 Å². The van der Waals surface area contributed by atoms with Crippen molar-refractivity contribution in [2.75, 3.05) is 0 Å². The summed E-state index contributed by atoms with van der Waals surface area (Å²) in [6, 6.07) is 9.18. The van der Waals surface area contributed by atoms with Crippen LogP contribution in [0.3, 0.4) is 0 Å². The summed E-state index contributed by atoms with van der Waals surface area (Å²) < 4.78 is 2.35.